The van der Waals surface area contributed by atoms with Gasteiger partial charge in [0.1, 0.15) is 10.8 Å². The topological polar surface area (TPSA) is 71.1 Å². The number of amides is 2. The number of hydrogen-bond donors (Lipinski definition) is 2. The van der Waals surface area contributed by atoms with Crippen LogP contribution in [0.3, 0.4) is 0 Å². The molecule has 0 fully saturated rings. The number of nitrogens with one attached hydrogen (secondary N) is 2. The lowest BCUT2D eigenvalue weighted by Crippen LogP contribution is -2.40. The van der Waals surface area contributed by atoms with Crippen LogP contribution in [0, 0.1) is 0 Å². The maximum atomic E-state index is 11.9. The van der Waals surface area contributed by atoms with Crippen LogP contribution in [0.5, 0.6) is 0 Å². The highest BCUT2D eigenvalue weighted by Gasteiger charge is 2.20. The molecule has 0 aromatic carbocycles. The van der Waals surface area contributed by atoms with Gasteiger partial charge in [0.05, 0.1) is 21.6 Å². The van der Waals surface area contributed by atoms with E-state index in [-0.39, 0.29) is 44.4 Å². The zero-order valence-electron chi connectivity index (χ0n) is 10.6. The molecule has 1 heterocycles. The van der Waals surface area contributed by atoms with Gasteiger partial charge in [0.15, 0.2) is 0 Å². The Hall–Kier alpha value is -0.750. The quantitative estimate of drug-likeness (QED) is 0.813. The lowest BCUT2D eigenvalue weighted by Gasteiger charge is -2.10. The first-order chi connectivity index (χ1) is 9.23. The third-order valence-corrected chi connectivity index (χ3v) is 3.74. The predicted octanol–water partition coefficient (Wildman–Crippen LogP) is 2.95. The third kappa shape index (κ3) is 4.38. The van der Waals surface area contributed by atoms with E-state index in [1.165, 1.54) is 0 Å². The standard InChI is InChI=1S/C11H11Cl4N3O2/c1-4(2)17-5(19)3-16-11(20)9-7(13)6(12)8(14)10(15)18-9/h4H,3H2,1-2H3,(H,16,20)(H,17,19). The van der Waals surface area contributed by atoms with Crippen molar-refractivity contribution in [2.45, 2.75) is 19.9 Å². The zero-order valence-corrected chi connectivity index (χ0v) is 13.6. The lowest BCUT2D eigenvalue weighted by molar-refractivity contribution is -0.120. The van der Waals surface area contributed by atoms with E-state index in [0.717, 1.165) is 0 Å². The van der Waals surface area contributed by atoms with Crippen LogP contribution in [0.25, 0.3) is 0 Å². The molecule has 2 N–H and O–H groups in total. The van der Waals surface area contributed by atoms with E-state index in [1.807, 2.05) is 0 Å². The molecule has 2 amide bonds. The first-order valence-electron chi connectivity index (χ1n) is 5.51. The number of nitrogens with zero attached hydrogens (tertiary/aromatic N) is 1. The van der Waals surface area contributed by atoms with Crippen LogP contribution >= 0.6 is 46.4 Å². The van der Waals surface area contributed by atoms with Crippen molar-refractivity contribution >= 4 is 58.2 Å². The molecule has 0 saturated carbocycles. The fourth-order valence-electron chi connectivity index (χ4n) is 1.25. The van der Waals surface area contributed by atoms with Crippen molar-refractivity contribution in [1.29, 1.82) is 0 Å². The van der Waals surface area contributed by atoms with Crippen molar-refractivity contribution < 1.29 is 9.59 Å². The first-order valence-corrected chi connectivity index (χ1v) is 7.02. The van der Waals surface area contributed by atoms with Gasteiger partial charge in [-0.05, 0) is 13.8 Å². The number of carbonyl (C=O) groups is 2. The summed E-state index contributed by atoms with van der Waals surface area (Å²) < 4.78 is 0. The smallest absolute Gasteiger partial charge is 0.271 e. The molecule has 0 aliphatic rings. The SMILES string of the molecule is CC(C)NC(=O)CNC(=O)c1nc(Cl)c(Cl)c(Cl)c1Cl. The highest BCUT2D eigenvalue weighted by atomic mass is 35.5. The van der Waals surface area contributed by atoms with E-state index in [4.69, 9.17) is 46.4 Å². The third-order valence-electron chi connectivity index (χ3n) is 2.06. The van der Waals surface area contributed by atoms with E-state index >= 15 is 0 Å². The molecule has 0 unspecified atom stereocenters. The summed E-state index contributed by atoms with van der Waals surface area (Å²) in [5.74, 6) is -1.01. The van der Waals surface area contributed by atoms with Crippen molar-refractivity contribution in [1.82, 2.24) is 15.6 Å². The fraction of sp³-hybridized carbons (Fsp3) is 0.364. The lowest BCUT2D eigenvalue weighted by atomic mass is 10.3. The molecule has 0 radical (unpaired) electrons. The average molecular weight is 359 g/mol. The van der Waals surface area contributed by atoms with E-state index in [2.05, 4.69) is 15.6 Å². The minimum absolute atomic E-state index is 0.0273. The van der Waals surface area contributed by atoms with Crippen LogP contribution in [-0.2, 0) is 4.79 Å². The van der Waals surface area contributed by atoms with E-state index in [1.54, 1.807) is 13.8 Å². The Balaban J connectivity index is 2.81. The molecule has 5 nitrogen and oxygen atoms in total. The maximum Gasteiger partial charge on any atom is 0.271 e. The van der Waals surface area contributed by atoms with Crippen LogP contribution in [-0.4, -0.2) is 29.4 Å². The van der Waals surface area contributed by atoms with Crippen molar-refractivity contribution in [3.63, 3.8) is 0 Å². The molecular formula is C11H11Cl4N3O2. The molecule has 0 aliphatic heterocycles. The fourth-order valence-corrected chi connectivity index (χ4v) is 2.07. The Labute approximate surface area is 135 Å². The van der Waals surface area contributed by atoms with Crippen molar-refractivity contribution in [2.24, 2.45) is 0 Å². The average Bonchev–Trinajstić information content (AvgIpc) is 2.37. The van der Waals surface area contributed by atoms with Gasteiger partial charge in [-0.3, -0.25) is 9.59 Å². The molecule has 1 aromatic rings. The number of carbonyl (C=O) groups excluding carboxylic acids is 2. The van der Waals surface area contributed by atoms with Crippen LogP contribution in [0.4, 0.5) is 0 Å². The Morgan fingerprint density at radius 1 is 1.10 bits per heavy atom. The van der Waals surface area contributed by atoms with Gasteiger partial charge in [0.2, 0.25) is 5.91 Å². The zero-order chi connectivity index (χ0) is 15.4. The number of rotatable bonds is 4. The summed E-state index contributed by atoms with van der Waals surface area (Å²) in [6, 6.07) is -0.0273. The molecule has 9 heteroatoms. The highest BCUT2D eigenvalue weighted by Crippen LogP contribution is 2.35. The second kappa shape index (κ2) is 7.31. The molecule has 0 bridgehead atoms. The summed E-state index contributed by atoms with van der Waals surface area (Å²) in [7, 11) is 0. The predicted molar refractivity (Wildman–Crippen MR) is 79.9 cm³/mol. The summed E-state index contributed by atoms with van der Waals surface area (Å²) in [6.45, 7) is 3.39. The molecule has 20 heavy (non-hydrogen) atoms. The van der Waals surface area contributed by atoms with Gasteiger partial charge in [0, 0.05) is 6.04 Å². The number of hydrogen-bond acceptors (Lipinski definition) is 3. The van der Waals surface area contributed by atoms with Gasteiger partial charge in [-0.2, -0.15) is 0 Å². The Morgan fingerprint density at radius 2 is 1.70 bits per heavy atom. The van der Waals surface area contributed by atoms with Crippen LogP contribution in [0.1, 0.15) is 24.3 Å². The second-order valence-electron chi connectivity index (χ2n) is 4.10. The Kier molecular flexibility index (Phi) is 6.33. The molecule has 0 spiro atoms. The molecule has 0 saturated heterocycles. The van der Waals surface area contributed by atoms with E-state index in [0.29, 0.717) is 0 Å². The summed E-state index contributed by atoms with van der Waals surface area (Å²) >= 11 is 23.1. The minimum Gasteiger partial charge on any atom is -0.352 e. The second-order valence-corrected chi connectivity index (χ2v) is 5.59. The maximum absolute atomic E-state index is 11.9. The molecular weight excluding hydrogens is 348 g/mol. The molecule has 0 aliphatic carbocycles. The Bertz CT molecular complexity index is 549. The van der Waals surface area contributed by atoms with Crippen molar-refractivity contribution in [3.05, 3.63) is 25.9 Å². The van der Waals surface area contributed by atoms with Gasteiger partial charge < -0.3 is 10.6 Å². The Morgan fingerprint density at radius 3 is 2.25 bits per heavy atom. The summed E-state index contributed by atoms with van der Waals surface area (Å²) in [5.41, 5.74) is -0.191. The van der Waals surface area contributed by atoms with Crippen LogP contribution in [0.2, 0.25) is 20.2 Å². The molecule has 0 atom stereocenters. The highest BCUT2D eigenvalue weighted by molar-refractivity contribution is 6.52. The van der Waals surface area contributed by atoms with Gasteiger partial charge in [-0.1, -0.05) is 46.4 Å². The molecule has 1 rings (SSSR count). The molecule has 1 aromatic heterocycles. The van der Waals surface area contributed by atoms with Gasteiger partial charge in [0.25, 0.3) is 5.91 Å². The monoisotopic (exact) mass is 357 g/mol. The van der Waals surface area contributed by atoms with Crippen molar-refractivity contribution in [3.8, 4) is 0 Å². The summed E-state index contributed by atoms with van der Waals surface area (Å²) in [6.07, 6.45) is 0. The summed E-state index contributed by atoms with van der Waals surface area (Å²) in [4.78, 5) is 27.0. The minimum atomic E-state index is -0.672. The number of pyridine rings is 1. The van der Waals surface area contributed by atoms with Gasteiger partial charge >= 0.3 is 0 Å². The van der Waals surface area contributed by atoms with E-state index < -0.39 is 5.91 Å². The van der Waals surface area contributed by atoms with E-state index in [9.17, 15) is 9.59 Å². The van der Waals surface area contributed by atoms with Crippen molar-refractivity contribution in [2.75, 3.05) is 6.54 Å². The van der Waals surface area contributed by atoms with Crippen LogP contribution < -0.4 is 10.6 Å². The normalized spacial score (nSPS) is 10.6. The van der Waals surface area contributed by atoms with Crippen LogP contribution in [0.15, 0.2) is 0 Å². The van der Waals surface area contributed by atoms with Gasteiger partial charge in [-0.25, -0.2) is 4.98 Å². The van der Waals surface area contributed by atoms with Gasteiger partial charge in [-0.15, -0.1) is 0 Å². The largest absolute Gasteiger partial charge is 0.352 e. The first kappa shape index (κ1) is 17.3. The number of aromatic nitrogens is 1. The summed E-state index contributed by atoms with van der Waals surface area (Å²) in [5, 5.41) is 4.61. The molecule has 110 valence electrons. The number of halogens is 4.